The molecule has 2 aromatic rings. The van der Waals surface area contributed by atoms with E-state index in [0.717, 1.165) is 11.3 Å². The van der Waals surface area contributed by atoms with E-state index in [1.807, 2.05) is 30.5 Å². The smallest absolute Gasteiger partial charge is 0.181 e. The van der Waals surface area contributed by atoms with Crippen molar-refractivity contribution in [1.29, 1.82) is 5.26 Å². The highest BCUT2D eigenvalue weighted by atomic mass is 14.9. The first-order valence-electron chi connectivity index (χ1n) is 4.79. The summed E-state index contributed by atoms with van der Waals surface area (Å²) in [5.74, 6) is 0. The van der Waals surface area contributed by atoms with Crippen LogP contribution in [0.25, 0.3) is 22.5 Å². The van der Waals surface area contributed by atoms with Crippen LogP contribution in [0.2, 0.25) is 0 Å². The van der Waals surface area contributed by atoms with Crippen molar-refractivity contribution in [3.05, 3.63) is 47.5 Å². The molecule has 0 amide bonds. The molecule has 1 aliphatic carbocycles. The number of nitriles is 1. The lowest BCUT2D eigenvalue weighted by Gasteiger charge is -2.02. The number of hydrogen-bond acceptors (Lipinski definition) is 2. The van der Waals surface area contributed by atoms with E-state index in [2.05, 4.69) is 23.5 Å². The molecule has 0 bridgehead atoms. The van der Waals surface area contributed by atoms with Crippen LogP contribution in [0.5, 0.6) is 0 Å². The molecule has 2 aromatic carbocycles. The highest BCUT2D eigenvalue weighted by molar-refractivity contribution is 6.08. The Morgan fingerprint density at radius 3 is 2.67 bits per heavy atom. The van der Waals surface area contributed by atoms with E-state index in [1.54, 1.807) is 0 Å². The summed E-state index contributed by atoms with van der Waals surface area (Å²) in [5, 5.41) is 13.8. The van der Waals surface area contributed by atoms with Crippen molar-refractivity contribution in [1.82, 2.24) is 5.32 Å². The summed E-state index contributed by atoms with van der Waals surface area (Å²) in [6.45, 7) is 0. The topological polar surface area (TPSA) is 35.8 Å². The van der Waals surface area contributed by atoms with Crippen LogP contribution in [0.3, 0.4) is 0 Å². The Balaban J connectivity index is 2.36. The van der Waals surface area contributed by atoms with Gasteiger partial charge in [0.1, 0.15) is 0 Å². The van der Waals surface area contributed by atoms with Gasteiger partial charge in [-0.2, -0.15) is 5.26 Å². The molecule has 2 nitrogen and oxygen atoms in total. The molecule has 3 rings (SSSR count). The fourth-order valence-corrected chi connectivity index (χ4v) is 2.11. The van der Waals surface area contributed by atoms with Gasteiger partial charge in [0.2, 0.25) is 0 Å². The standard InChI is InChI=1S/C13H8N2/c14-8-15-12-7-10-5-1-3-9-4-2-6-11(12)13(9)10/h1-7,15H. The molecule has 70 valence electrons. The van der Waals surface area contributed by atoms with Gasteiger partial charge in [-0.3, -0.25) is 5.32 Å². The fraction of sp³-hybridized carbons (Fsp3) is 0. The van der Waals surface area contributed by atoms with Crippen LogP contribution in [-0.2, 0) is 0 Å². The predicted molar refractivity (Wildman–Crippen MR) is 60.6 cm³/mol. The van der Waals surface area contributed by atoms with Crippen molar-refractivity contribution < 1.29 is 0 Å². The highest BCUT2D eigenvalue weighted by Gasteiger charge is 2.15. The third kappa shape index (κ3) is 1.04. The van der Waals surface area contributed by atoms with Gasteiger partial charge in [0.15, 0.2) is 6.19 Å². The van der Waals surface area contributed by atoms with Crippen molar-refractivity contribution in [3.63, 3.8) is 0 Å². The average Bonchev–Trinajstić information content (AvgIpc) is 2.61. The van der Waals surface area contributed by atoms with Gasteiger partial charge in [0, 0.05) is 5.56 Å². The number of rotatable bonds is 1. The molecular formula is C13H8N2. The highest BCUT2D eigenvalue weighted by Crippen LogP contribution is 2.34. The van der Waals surface area contributed by atoms with Crippen molar-refractivity contribution in [2.75, 3.05) is 0 Å². The van der Waals surface area contributed by atoms with Gasteiger partial charge >= 0.3 is 0 Å². The van der Waals surface area contributed by atoms with Crippen LogP contribution >= 0.6 is 0 Å². The van der Waals surface area contributed by atoms with Gasteiger partial charge in [-0.25, -0.2) is 0 Å². The van der Waals surface area contributed by atoms with Gasteiger partial charge in [-0.05, 0) is 22.4 Å². The maximum Gasteiger partial charge on any atom is 0.181 e. The van der Waals surface area contributed by atoms with E-state index >= 15 is 0 Å². The maximum atomic E-state index is 8.66. The molecule has 2 heteroatoms. The van der Waals surface area contributed by atoms with Crippen LogP contribution in [-0.4, -0.2) is 0 Å². The maximum absolute atomic E-state index is 8.66. The van der Waals surface area contributed by atoms with E-state index in [9.17, 15) is 0 Å². The third-order valence-electron chi connectivity index (χ3n) is 2.72. The Hall–Kier alpha value is -2.27. The Morgan fingerprint density at radius 2 is 1.87 bits per heavy atom. The monoisotopic (exact) mass is 192 g/mol. The molecule has 0 radical (unpaired) electrons. The van der Waals surface area contributed by atoms with Crippen LogP contribution < -0.4 is 5.32 Å². The summed E-state index contributed by atoms with van der Waals surface area (Å²) < 4.78 is 0. The van der Waals surface area contributed by atoms with Crippen molar-refractivity contribution >= 4 is 22.5 Å². The summed E-state index contributed by atoms with van der Waals surface area (Å²) >= 11 is 0. The fourth-order valence-electron chi connectivity index (χ4n) is 2.11. The van der Waals surface area contributed by atoms with E-state index in [0.29, 0.717) is 0 Å². The Kier molecular flexibility index (Phi) is 1.54. The first-order valence-corrected chi connectivity index (χ1v) is 4.79. The van der Waals surface area contributed by atoms with Crippen LogP contribution in [0.15, 0.2) is 36.4 Å². The molecule has 0 spiro atoms. The number of benzene rings is 2. The summed E-state index contributed by atoms with van der Waals surface area (Å²) in [4.78, 5) is 0. The number of nitrogens with zero attached hydrogens (tertiary/aromatic N) is 1. The van der Waals surface area contributed by atoms with Crippen molar-refractivity contribution in [3.8, 4) is 6.19 Å². The van der Waals surface area contributed by atoms with Gasteiger partial charge in [0.05, 0.1) is 5.70 Å². The van der Waals surface area contributed by atoms with Crippen molar-refractivity contribution in [2.45, 2.75) is 0 Å². The van der Waals surface area contributed by atoms with Crippen LogP contribution in [0.1, 0.15) is 11.1 Å². The largest absolute Gasteiger partial charge is 0.292 e. The molecule has 0 atom stereocenters. The second-order valence-corrected chi connectivity index (χ2v) is 3.55. The second kappa shape index (κ2) is 2.86. The lowest BCUT2D eigenvalue weighted by Crippen LogP contribution is -2.00. The lowest BCUT2D eigenvalue weighted by atomic mass is 10.0. The first-order chi connectivity index (χ1) is 7.40. The summed E-state index contributed by atoms with van der Waals surface area (Å²) in [7, 11) is 0. The second-order valence-electron chi connectivity index (χ2n) is 3.55. The Morgan fingerprint density at radius 1 is 1.07 bits per heavy atom. The minimum absolute atomic E-state index is 0.893. The number of hydrogen-bond donors (Lipinski definition) is 1. The molecule has 0 saturated heterocycles. The number of nitrogens with one attached hydrogen (secondary N) is 1. The summed E-state index contributed by atoms with van der Waals surface area (Å²) in [5.41, 5.74) is 3.19. The predicted octanol–water partition coefficient (Wildman–Crippen LogP) is 2.72. The van der Waals surface area contributed by atoms with Gasteiger partial charge in [-0.15, -0.1) is 0 Å². The van der Waals surface area contributed by atoms with E-state index < -0.39 is 0 Å². The van der Waals surface area contributed by atoms with Gasteiger partial charge < -0.3 is 0 Å². The van der Waals surface area contributed by atoms with Gasteiger partial charge in [-0.1, -0.05) is 36.4 Å². The normalized spacial score (nSPS) is 12.3. The molecule has 0 heterocycles. The van der Waals surface area contributed by atoms with Crippen LogP contribution in [0.4, 0.5) is 0 Å². The zero-order valence-electron chi connectivity index (χ0n) is 7.99. The molecule has 15 heavy (non-hydrogen) atoms. The van der Waals surface area contributed by atoms with Gasteiger partial charge in [0.25, 0.3) is 0 Å². The molecule has 1 N–H and O–H groups in total. The Bertz CT molecular complexity index is 613. The molecule has 0 aliphatic heterocycles. The third-order valence-corrected chi connectivity index (χ3v) is 2.72. The molecule has 1 aliphatic rings. The summed E-state index contributed by atoms with van der Waals surface area (Å²) in [6, 6.07) is 12.3. The molecular weight excluding hydrogens is 184 g/mol. The Labute approximate surface area is 87.5 Å². The minimum atomic E-state index is 0.893. The van der Waals surface area contributed by atoms with E-state index in [1.165, 1.54) is 16.3 Å². The van der Waals surface area contributed by atoms with E-state index in [4.69, 9.17) is 5.26 Å². The van der Waals surface area contributed by atoms with Crippen LogP contribution in [0, 0.1) is 11.5 Å². The average molecular weight is 192 g/mol. The minimum Gasteiger partial charge on any atom is -0.292 e. The zero-order chi connectivity index (χ0) is 10.3. The lowest BCUT2D eigenvalue weighted by molar-refractivity contribution is 1.23. The zero-order valence-corrected chi connectivity index (χ0v) is 7.99. The molecule has 0 saturated carbocycles. The SMILES string of the molecule is N#CNC1=Cc2cccc3cccc1c23. The molecule has 0 unspecified atom stereocenters. The van der Waals surface area contributed by atoms with Crippen molar-refractivity contribution in [2.24, 2.45) is 0 Å². The first kappa shape index (κ1) is 8.07. The quantitative estimate of drug-likeness (QED) is 0.557. The molecule has 0 aromatic heterocycles. The summed E-state index contributed by atoms with van der Waals surface area (Å²) in [6.07, 6.45) is 3.98. The van der Waals surface area contributed by atoms with E-state index in [-0.39, 0.29) is 0 Å². The molecule has 0 fully saturated rings.